The molecule has 1 N–H and O–H groups in total. The average molecular weight is 418 g/mol. The van der Waals surface area contributed by atoms with Crippen molar-refractivity contribution in [3.05, 3.63) is 75.2 Å². The fraction of sp³-hybridized carbons (Fsp3) is 0.227. The van der Waals surface area contributed by atoms with Crippen molar-refractivity contribution >= 4 is 22.9 Å². The lowest BCUT2D eigenvalue weighted by molar-refractivity contribution is 0.0949. The number of benzene rings is 1. The van der Waals surface area contributed by atoms with Gasteiger partial charge in [-0.1, -0.05) is 23.4 Å². The standard InChI is InChI=1S/C22H22N6O3/c1-5-27-22(30)18-9-7-6-8-17(18)20(25-27)21(29)24-23-12-16-10-13(2)28(15(16)4)19-11-14(3)31-26-19/h6-12H,5H2,1-4H3,(H,24,29)/b23-12-. The Bertz CT molecular complexity index is 1380. The van der Waals surface area contributed by atoms with Crippen LogP contribution in [0.2, 0.25) is 0 Å². The van der Waals surface area contributed by atoms with Gasteiger partial charge in [-0.15, -0.1) is 0 Å². The van der Waals surface area contributed by atoms with Crippen molar-refractivity contribution in [3.63, 3.8) is 0 Å². The molecule has 0 fully saturated rings. The van der Waals surface area contributed by atoms with E-state index < -0.39 is 5.91 Å². The van der Waals surface area contributed by atoms with Crippen LogP contribution in [0.1, 0.15) is 40.1 Å². The first-order valence-corrected chi connectivity index (χ1v) is 9.86. The molecule has 0 aliphatic rings. The molecule has 0 radical (unpaired) electrons. The second-order valence-corrected chi connectivity index (χ2v) is 7.17. The van der Waals surface area contributed by atoms with E-state index in [0.29, 0.717) is 23.1 Å². The number of rotatable bonds is 5. The molecule has 0 saturated carbocycles. The van der Waals surface area contributed by atoms with Gasteiger partial charge < -0.3 is 4.52 Å². The van der Waals surface area contributed by atoms with E-state index in [4.69, 9.17) is 4.52 Å². The monoisotopic (exact) mass is 418 g/mol. The molecule has 4 rings (SSSR count). The highest BCUT2D eigenvalue weighted by Gasteiger charge is 2.16. The zero-order valence-electron chi connectivity index (χ0n) is 17.7. The molecule has 1 amide bonds. The summed E-state index contributed by atoms with van der Waals surface area (Å²) < 4.78 is 8.39. The van der Waals surface area contributed by atoms with Crippen LogP contribution in [0.25, 0.3) is 16.6 Å². The maximum Gasteiger partial charge on any atom is 0.292 e. The first kappa shape index (κ1) is 20.3. The molecule has 4 aromatic rings. The number of nitrogens with zero attached hydrogens (tertiary/aromatic N) is 5. The van der Waals surface area contributed by atoms with Gasteiger partial charge in [0.05, 0.1) is 11.6 Å². The Hall–Kier alpha value is -4.01. The Balaban J connectivity index is 1.62. The molecular formula is C22H22N6O3. The summed E-state index contributed by atoms with van der Waals surface area (Å²) in [7, 11) is 0. The fourth-order valence-electron chi connectivity index (χ4n) is 3.56. The van der Waals surface area contributed by atoms with Crippen molar-refractivity contribution in [1.82, 2.24) is 24.9 Å². The molecule has 9 nitrogen and oxygen atoms in total. The SMILES string of the molecule is CCn1nc(C(=O)N/N=C\c2cc(C)n(-c3cc(C)on3)c2C)c2ccccc2c1=O. The van der Waals surface area contributed by atoms with Gasteiger partial charge in [0.15, 0.2) is 11.5 Å². The third kappa shape index (κ3) is 3.65. The van der Waals surface area contributed by atoms with E-state index in [-0.39, 0.29) is 11.3 Å². The van der Waals surface area contributed by atoms with E-state index in [9.17, 15) is 9.59 Å². The highest BCUT2D eigenvalue weighted by atomic mass is 16.5. The van der Waals surface area contributed by atoms with Crippen LogP contribution >= 0.6 is 0 Å². The van der Waals surface area contributed by atoms with Crippen LogP contribution in [0.4, 0.5) is 0 Å². The van der Waals surface area contributed by atoms with Gasteiger partial charge in [0.2, 0.25) is 0 Å². The second kappa shape index (κ2) is 8.02. The molecule has 0 aliphatic carbocycles. The first-order valence-electron chi connectivity index (χ1n) is 9.86. The van der Waals surface area contributed by atoms with Gasteiger partial charge >= 0.3 is 0 Å². The van der Waals surface area contributed by atoms with Crippen LogP contribution in [0.3, 0.4) is 0 Å². The summed E-state index contributed by atoms with van der Waals surface area (Å²) in [5.74, 6) is 0.919. The van der Waals surface area contributed by atoms with Crippen molar-refractivity contribution < 1.29 is 9.32 Å². The van der Waals surface area contributed by atoms with E-state index in [1.807, 2.05) is 37.5 Å². The molecule has 9 heteroatoms. The number of hydrogen-bond acceptors (Lipinski definition) is 6. The summed E-state index contributed by atoms with van der Waals surface area (Å²) in [6, 6.07) is 10.7. The number of amides is 1. The van der Waals surface area contributed by atoms with Crippen LogP contribution in [0, 0.1) is 20.8 Å². The van der Waals surface area contributed by atoms with Crippen molar-refractivity contribution in [2.24, 2.45) is 5.10 Å². The Morgan fingerprint density at radius 2 is 1.94 bits per heavy atom. The van der Waals surface area contributed by atoms with E-state index in [0.717, 1.165) is 22.7 Å². The molecule has 1 aromatic carbocycles. The third-order valence-corrected chi connectivity index (χ3v) is 5.07. The Labute approximate surface area is 178 Å². The topological polar surface area (TPSA) is 107 Å². The van der Waals surface area contributed by atoms with Gasteiger partial charge in [0, 0.05) is 34.9 Å². The van der Waals surface area contributed by atoms with Gasteiger partial charge in [0.1, 0.15) is 5.76 Å². The van der Waals surface area contributed by atoms with Crippen LogP contribution in [0.15, 0.2) is 50.8 Å². The molecule has 0 unspecified atom stereocenters. The summed E-state index contributed by atoms with van der Waals surface area (Å²) in [6.07, 6.45) is 1.57. The van der Waals surface area contributed by atoms with E-state index >= 15 is 0 Å². The quantitative estimate of drug-likeness (QED) is 0.396. The number of hydrogen-bond donors (Lipinski definition) is 1. The van der Waals surface area contributed by atoms with Gasteiger partial charge in [-0.3, -0.25) is 14.2 Å². The van der Waals surface area contributed by atoms with Gasteiger partial charge in [-0.25, -0.2) is 10.1 Å². The molecule has 0 bridgehead atoms. The van der Waals surface area contributed by atoms with E-state index in [1.54, 1.807) is 37.4 Å². The lowest BCUT2D eigenvalue weighted by Crippen LogP contribution is -2.28. The Morgan fingerprint density at radius 1 is 1.19 bits per heavy atom. The number of fused-ring (bicyclic) bond motifs is 1. The molecule has 0 aliphatic heterocycles. The number of hydrazone groups is 1. The lowest BCUT2D eigenvalue weighted by atomic mass is 10.1. The minimum atomic E-state index is -0.490. The predicted octanol–water partition coefficient (Wildman–Crippen LogP) is 2.88. The summed E-state index contributed by atoms with van der Waals surface area (Å²) in [5.41, 5.74) is 5.14. The van der Waals surface area contributed by atoms with Gasteiger partial charge in [0.25, 0.3) is 11.5 Å². The lowest BCUT2D eigenvalue weighted by Gasteiger charge is -2.08. The molecule has 158 valence electrons. The van der Waals surface area contributed by atoms with Crippen LogP contribution in [-0.2, 0) is 6.54 Å². The van der Waals surface area contributed by atoms with Crippen molar-refractivity contribution in [1.29, 1.82) is 0 Å². The highest BCUT2D eigenvalue weighted by Crippen LogP contribution is 2.19. The highest BCUT2D eigenvalue weighted by molar-refractivity contribution is 6.05. The van der Waals surface area contributed by atoms with Gasteiger partial charge in [-0.2, -0.15) is 10.2 Å². The second-order valence-electron chi connectivity index (χ2n) is 7.17. The van der Waals surface area contributed by atoms with E-state index in [2.05, 4.69) is 20.8 Å². The number of nitrogens with one attached hydrogen (secondary N) is 1. The minimum absolute atomic E-state index is 0.151. The predicted molar refractivity (Wildman–Crippen MR) is 117 cm³/mol. The largest absolute Gasteiger partial charge is 0.360 e. The molecule has 31 heavy (non-hydrogen) atoms. The molecule has 0 atom stereocenters. The zero-order chi connectivity index (χ0) is 22.1. The average Bonchev–Trinajstić information content (AvgIpc) is 3.30. The number of carbonyl (C=O) groups excluding carboxylic acids is 1. The van der Waals surface area contributed by atoms with Crippen LogP contribution in [-0.4, -0.2) is 31.6 Å². The summed E-state index contributed by atoms with van der Waals surface area (Å²) in [6.45, 7) is 7.89. The fourth-order valence-corrected chi connectivity index (χ4v) is 3.56. The number of carbonyl (C=O) groups is 1. The molecule has 0 saturated heterocycles. The van der Waals surface area contributed by atoms with Gasteiger partial charge in [-0.05, 0) is 39.8 Å². The van der Waals surface area contributed by atoms with Crippen molar-refractivity contribution in [2.75, 3.05) is 0 Å². The summed E-state index contributed by atoms with van der Waals surface area (Å²) in [5, 5.41) is 13.3. The minimum Gasteiger partial charge on any atom is -0.360 e. The molecule has 3 aromatic heterocycles. The maximum absolute atomic E-state index is 12.8. The first-order chi connectivity index (χ1) is 14.9. The molecule has 0 spiro atoms. The zero-order valence-corrected chi connectivity index (χ0v) is 17.7. The smallest absolute Gasteiger partial charge is 0.292 e. The normalized spacial score (nSPS) is 11.5. The maximum atomic E-state index is 12.8. The Morgan fingerprint density at radius 3 is 2.61 bits per heavy atom. The van der Waals surface area contributed by atoms with Crippen LogP contribution in [0.5, 0.6) is 0 Å². The number of aryl methyl sites for hydroxylation is 3. The summed E-state index contributed by atoms with van der Waals surface area (Å²) >= 11 is 0. The van der Waals surface area contributed by atoms with Crippen molar-refractivity contribution in [2.45, 2.75) is 34.2 Å². The molecular weight excluding hydrogens is 396 g/mol. The van der Waals surface area contributed by atoms with Crippen LogP contribution < -0.4 is 11.0 Å². The van der Waals surface area contributed by atoms with E-state index in [1.165, 1.54) is 4.68 Å². The summed E-state index contributed by atoms with van der Waals surface area (Å²) in [4.78, 5) is 25.2. The van der Waals surface area contributed by atoms with Crippen molar-refractivity contribution in [3.8, 4) is 5.82 Å². The molecule has 3 heterocycles. The third-order valence-electron chi connectivity index (χ3n) is 5.07. The number of aromatic nitrogens is 4. The Kier molecular flexibility index (Phi) is 5.24.